The molecule has 0 saturated heterocycles. The van der Waals surface area contributed by atoms with Gasteiger partial charge < -0.3 is 9.29 Å². The number of fused-ring (bicyclic) bond motifs is 3. The Kier molecular flexibility index (Phi) is 9.84. The summed E-state index contributed by atoms with van der Waals surface area (Å²) in [6.07, 6.45) is 12.4. The average Bonchev–Trinajstić information content (AvgIpc) is 3.54. The second-order valence-corrected chi connectivity index (χ2v) is 15.6. The van der Waals surface area contributed by atoms with Gasteiger partial charge in [-0.25, -0.2) is 4.39 Å². The van der Waals surface area contributed by atoms with Crippen molar-refractivity contribution in [3.63, 3.8) is 0 Å². The molecule has 0 spiro atoms. The number of hydrogen-bond donors (Lipinski definition) is 1. The quantitative estimate of drug-likeness (QED) is 0.335. The van der Waals surface area contributed by atoms with Crippen molar-refractivity contribution in [2.24, 2.45) is 46.8 Å². The summed E-state index contributed by atoms with van der Waals surface area (Å²) in [5.74, 6) is 5.10. The number of hydrogen-bond acceptors (Lipinski definition) is 4. The molecule has 216 valence electrons. The molecule has 0 aliphatic heterocycles. The van der Waals surface area contributed by atoms with Crippen molar-refractivity contribution in [3.8, 4) is 10.4 Å². The molecule has 5 heteroatoms. The molecule has 2 nitrogen and oxygen atoms in total. The molecular formula is C34H49FO2S2. The minimum absolute atomic E-state index is 0.0924. The van der Waals surface area contributed by atoms with E-state index in [0.29, 0.717) is 11.3 Å². The third-order valence-electron chi connectivity index (χ3n) is 11.2. The molecule has 3 fully saturated rings. The van der Waals surface area contributed by atoms with Crippen LogP contribution in [0, 0.1) is 52.7 Å². The van der Waals surface area contributed by atoms with Crippen LogP contribution >= 0.6 is 23.4 Å². The second-order valence-electron chi connectivity index (χ2n) is 13.4. The Morgan fingerprint density at radius 3 is 2.56 bits per heavy atom. The molecule has 1 heterocycles. The molecule has 0 amide bonds. The van der Waals surface area contributed by atoms with E-state index < -0.39 is 0 Å². The second kappa shape index (κ2) is 13.0. The summed E-state index contributed by atoms with van der Waals surface area (Å²) >= 11 is 3.22. The Hall–Kier alpha value is -0.880. The van der Waals surface area contributed by atoms with E-state index in [1.54, 1.807) is 11.3 Å². The molecular weight excluding hydrogens is 524 g/mol. The van der Waals surface area contributed by atoms with Crippen LogP contribution in [0.25, 0.3) is 10.4 Å². The van der Waals surface area contributed by atoms with Gasteiger partial charge in [0.2, 0.25) is 0 Å². The molecule has 9 atom stereocenters. The van der Waals surface area contributed by atoms with Gasteiger partial charge in [0.25, 0.3) is 0 Å². The van der Waals surface area contributed by atoms with Gasteiger partial charge in [-0.15, -0.1) is 11.3 Å². The number of aliphatic hydroxyl groups excluding tert-OH is 1. The highest BCUT2D eigenvalue weighted by atomic mass is 32.2. The van der Waals surface area contributed by atoms with Gasteiger partial charge in [-0.1, -0.05) is 46.2 Å². The van der Waals surface area contributed by atoms with Gasteiger partial charge in [-0.05, 0) is 134 Å². The van der Waals surface area contributed by atoms with Gasteiger partial charge in [0.05, 0.1) is 16.9 Å². The van der Waals surface area contributed by atoms with Crippen molar-refractivity contribution in [2.75, 3.05) is 6.61 Å². The van der Waals surface area contributed by atoms with Crippen molar-refractivity contribution in [2.45, 2.75) is 102 Å². The molecule has 1 aromatic carbocycles. The Morgan fingerprint density at radius 1 is 1.03 bits per heavy atom. The van der Waals surface area contributed by atoms with Crippen molar-refractivity contribution in [3.05, 3.63) is 42.2 Å². The molecule has 3 aliphatic carbocycles. The highest BCUT2D eigenvalue weighted by Crippen LogP contribution is 2.63. The zero-order chi connectivity index (χ0) is 27.6. The van der Waals surface area contributed by atoms with Gasteiger partial charge in [-0.3, -0.25) is 0 Å². The largest absolute Gasteiger partial charge is 0.393 e. The zero-order valence-corrected chi connectivity index (χ0v) is 26.0. The van der Waals surface area contributed by atoms with Gasteiger partial charge >= 0.3 is 0 Å². The first-order valence-corrected chi connectivity index (χ1v) is 17.2. The van der Waals surface area contributed by atoms with Crippen LogP contribution in [-0.4, -0.2) is 17.8 Å². The lowest BCUT2D eigenvalue weighted by molar-refractivity contribution is -0.0390. The molecule has 0 bridgehead atoms. The van der Waals surface area contributed by atoms with E-state index in [2.05, 4.69) is 39.8 Å². The number of rotatable bonds is 7. The maximum atomic E-state index is 13.3. The minimum Gasteiger partial charge on any atom is -0.393 e. The maximum Gasteiger partial charge on any atom is 0.123 e. The minimum atomic E-state index is -0.196. The van der Waals surface area contributed by atoms with E-state index >= 15 is 0 Å². The molecule has 1 N–H and O–H groups in total. The fraction of sp³-hybridized carbons (Fsp3) is 0.706. The van der Waals surface area contributed by atoms with E-state index in [0.717, 1.165) is 69.6 Å². The van der Waals surface area contributed by atoms with E-state index in [9.17, 15) is 9.50 Å². The van der Waals surface area contributed by atoms with E-state index in [4.69, 9.17) is 4.18 Å². The fourth-order valence-corrected chi connectivity index (χ4v) is 10.7. The Balaban J connectivity index is 1.21. The van der Waals surface area contributed by atoms with Crippen LogP contribution < -0.4 is 0 Å². The summed E-state index contributed by atoms with van der Waals surface area (Å²) in [4.78, 5) is 1.15. The molecule has 5 rings (SSSR count). The molecule has 1 aromatic heterocycles. The van der Waals surface area contributed by atoms with Gasteiger partial charge in [0, 0.05) is 16.9 Å². The Morgan fingerprint density at radius 2 is 1.79 bits per heavy atom. The van der Waals surface area contributed by atoms with E-state index in [-0.39, 0.29) is 11.9 Å². The van der Waals surface area contributed by atoms with E-state index in [1.165, 1.54) is 75.5 Å². The predicted octanol–water partition coefficient (Wildman–Crippen LogP) is 10.3. The smallest absolute Gasteiger partial charge is 0.123 e. The third-order valence-corrected chi connectivity index (χ3v) is 13.1. The Labute approximate surface area is 244 Å². The monoisotopic (exact) mass is 572 g/mol. The summed E-state index contributed by atoms with van der Waals surface area (Å²) < 4.78 is 20.7. The fourth-order valence-electron chi connectivity index (χ4n) is 8.90. The number of aliphatic hydroxyl groups is 1. The van der Waals surface area contributed by atoms with Crippen LogP contribution in [0.1, 0.15) is 91.9 Å². The first kappa shape index (κ1) is 29.6. The first-order valence-electron chi connectivity index (χ1n) is 15.6. The van der Waals surface area contributed by atoms with Crippen LogP contribution in [0.2, 0.25) is 0 Å². The van der Waals surface area contributed by atoms with Crippen molar-refractivity contribution in [1.82, 2.24) is 0 Å². The standard InChI is InChI=1S/C34H49FO2S2/c1-5-24-7-13-27(36)12-6-22(2)28-18-19-34(4)30(14-15-31(34)29(28)20-24)23(3)21-37-39-33-17-16-32(38-33)25-8-10-26(35)11-9-25/h8-11,16-17,22-24,27-31,36H,5-7,12-15,18-21H2,1-4H3/t22?,23-,24-,27-,28-,29?,30-,31?,34?/m1/s1. The third kappa shape index (κ3) is 6.63. The summed E-state index contributed by atoms with van der Waals surface area (Å²) in [6.45, 7) is 10.7. The van der Waals surface area contributed by atoms with Crippen LogP contribution in [0.5, 0.6) is 0 Å². The lowest BCUT2D eigenvalue weighted by Crippen LogP contribution is -2.45. The van der Waals surface area contributed by atoms with Gasteiger partial charge in [0.1, 0.15) is 5.82 Å². The van der Waals surface area contributed by atoms with Gasteiger partial charge in [-0.2, -0.15) is 0 Å². The molecule has 2 aromatic rings. The lowest BCUT2D eigenvalue weighted by Gasteiger charge is -2.52. The van der Waals surface area contributed by atoms with Gasteiger partial charge in [0.15, 0.2) is 0 Å². The normalized spacial score (nSPS) is 36.2. The molecule has 39 heavy (non-hydrogen) atoms. The molecule has 3 aliphatic rings. The van der Waals surface area contributed by atoms with Crippen LogP contribution in [0.15, 0.2) is 40.6 Å². The summed E-state index contributed by atoms with van der Waals surface area (Å²) in [5, 5.41) is 10.5. The van der Waals surface area contributed by atoms with Crippen molar-refractivity contribution >= 4 is 23.4 Å². The van der Waals surface area contributed by atoms with Crippen LogP contribution in [-0.2, 0) is 4.18 Å². The molecule has 0 radical (unpaired) electrons. The van der Waals surface area contributed by atoms with E-state index in [1.807, 2.05) is 12.1 Å². The summed E-state index contributed by atoms with van der Waals surface area (Å²) in [7, 11) is 0. The first-order chi connectivity index (χ1) is 18.8. The number of halogens is 1. The number of benzene rings is 1. The topological polar surface area (TPSA) is 29.5 Å². The van der Waals surface area contributed by atoms with Crippen molar-refractivity contribution in [1.29, 1.82) is 0 Å². The lowest BCUT2D eigenvalue weighted by atomic mass is 9.53. The average molecular weight is 573 g/mol. The highest BCUT2D eigenvalue weighted by Gasteiger charge is 2.55. The van der Waals surface area contributed by atoms with Crippen molar-refractivity contribution < 1.29 is 13.7 Å². The summed E-state index contributed by atoms with van der Waals surface area (Å²) in [6, 6.07) is 11.0. The SMILES string of the molecule is CC[C@@H]1CC[C@H](O)CCC(C)[C@H]2CCC3(C)C(CC[C@@H]3[C@H](C)COSc3ccc(-c4ccc(F)cc4)s3)C2C1. The maximum absolute atomic E-state index is 13.3. The molecule has 3 saturated carbocycles. The highest BCUT2D eigenvalue weighted by molar-refractivity contribution is 7.96. The van der Waals surface area contributed by atoms with Crippen LogP contribution in [0.4, 0.5) is 4.39 Å². The Bertz CT molecular complexity index is 1050. The zero-order valence-electron chi connectivity index (χ0n) is 24.4. The number of thiophene rings is 1. The van der Waals surface area contributed by atoms with Crippen LogP contribution in [0.3, 0.4) is 0 Å². The molecule has 4 unspecified atom stereocenters. The predicted molar refractivity (Wildman–Crippen MR) is 163 cm³/mol. The summed E-state index contributed by atoms with van der Waals surface area (Å²) in [5.41, 5.74) is 1.48.